The molecule has 2 aliphatic heterocycles. The molecule has 2 atom stereocenters. The molecule has 0 saturated carbocycles. The molecule has 2 unspecified atom stereocenters. The van der Waals surface area contributed by atoms with Gasteiger partial charge in [0.1, 0.15) is 5.92 Å². The van der Waals surface area contributed by atoms with Crippen molar-refractivity contribution in [1.82, 2.24) is 10.6 Å². The molecule has 1 aromatic rings. The van der Waals surface area contributed by atoms with E-state index in [4.69, 9.17) is 23.2 Å². The van der Waals surface area contributed by atoms with E-state index >= 15 is 0 Å². The number of carbonyl (C=O) groups excluding carboxylic acids is 2. The fourth-order valence-electron chi connectivity index (χ4n) is 3.11. The number of carbonyl (C=O) groups is 2. The van der Waals surface area contributed by atoms with Gasteiger partial charge in [-0.1, -0.05) is 23.2 Å². The number of nitrogens with one attached hydrogen (secondary N) is 2. The van der Waals surface area contributed by atoms with Gasteiger partial charge in [-0.2, -0.15) is 0 Å². The topological polar surface area (TPSA) is 61.4 Å². The number of anilines is 1. The number of benzene rings is 1. The molecule has 2 fully saturated rings. The quantitative estimate of drug-likeness (QED) is 0.814. The molecule has 0 spiro atoms. The van der Waals surface area contributed by atoms with Gasteiger partial charge in [0, 0.05) is 24.8 Å². The Bertz CT molecular complexity index is 617. The minimum absolute atomic E-state index is 0.180. The Morgan fingerprint density at radius 3 is 2.83 bits per heavy atom. The first-order valence-corrected chi connectivity index (χ1v) is 8.59. The summed E-state index contributed by atoms with van der Waals surface area (Å²) in [7, 11) is 0. The minimum atomic E-state index is -0.620. The Hall–Kier alpha value is -1.30. The van der Waals surface area contributed by atoms with Crippen molar-refractivity contribution in [2.45, 2.75) is 25.3 Å². The summed E-state index contributed by atoms with van der Waals surface area (Å²) in [4.78, 5) is 26.4. The van der Waals surface area contributed by atoms with Gasteiger partial charge < -0.3 is 15.5 Å². The highest BCUT2D eigenvalue weighted by atomic mass is 35.5. The van der Waals surface area contributed by atoms with Gasteiger partial charge in [-0.15, -0.1) is 0 Å². The maximum Gasteiger partial charge on any atom is 0.239 e. The van der Waals surface area contributed by atoms with Crippen LogP contribution in [0.25, 0.3) is 0 Å². The van der Waals surface area contributed by atoms with Crippen LogP contribution in [-0.2, 0) is 9.59 Å². The largest absolute Gasteiger partial charge is 0.354 e. The second-order valence-corrected chi connectivity index (χ2v) is 6.78. The molecule has 0 radical (unpaired) electrons. The van der Waals surface area contributed by atoms with E-state index in [9.17, 15) is 9.59 Å². The first-order valence-electron chi connectivity index (χ1n) is 7.84. The number of amides is 2. The van der Waals surface area contributed by atoms with Gasteiger partial charge in [0.05, 0.1) is 10.0 Å². The predicted octanol–water partition coefficient (Wildman–Crippen LogP) is 2.21. The van der Waals surface area contributed by atoms with Crippen LogP contribution in [0.5, 0.6) is 0 Å². The normalized spacial score (nSPS) is 24.3. The van der Waals surface area contributed by atoms with Crippen LogP contribution in [0.1, 0.15) is 19.3 Å². The summed E-state index contributed by atoms with van der Waals surface area (Å²) >= 11 is 11.9. The van der Waals surface area contributed by atoms with Gasteiger partial charge >= 0.3 is 0 Å². The Labute approximate surface area is 145 Å². The molecular weight excluding hydrogens is 337 g/mol. The van der Waals surface area contributed by atoms with E-state index in [1.54, 1.807) is 23.1 Å². The molecule has 5 nitrogen and oxygen atoms in total. The Kier molecular flexibility index (Phi) is 5.09. The van der Waals surface area contributed by atoms with Crippen LogP contribution >= 0.6 is 23.2 Å². The van der Waals surface area contributed by atoms with Crippen LogP contribution in [0.3, 0.4) is 0 Å². The van der Waals surface area contributed by atoms with Crippen molar-refractivity contribution in [1.29, 1.82) is 0 Å². The van der Waals surface area contributed by atoms with Crippen LogP contribution in [0.4, 0.5) is 5.69 Å². The molecule has 124 valence electrons. The first kappa shape index (κ1) is 16.6. The molecule has 0 aromatic heterocycles. The van der Waals surface area contributed by atoms with Gasteiger partial charge in [0.2, 0.25) is 11.8 Å². The lowest BCUT2D eigenvalue weighted by Gasteiger charge is -2.18. The van der Waals surface area contributed by atoms with E-state index in [2.05, 4.69) is 10.6 Å². The van der Waals surface area contributed by atoms with E-state index in [-0.39, 0.29) is 11.8 Å². The van der Waals surface area contributed by atoms with Crippen LogP contribution in [-0.4, -0.2) is 37.5 Å². The Morgan fingerprint density at radius 2 is 2.13 bits per heavy atom. The van der Waals surface area contributed by atoms with Crippen molar-refractivity contribution in [3.05, 3.63) is 28.2 Å². The van der Waals surface area contributed by atoms with Crippen molar-refractivity contribution < 1.29 is 9.59 Å². The molecule has 2 aliphatic rings. The van der Waals surface area contributed by atoms with E-state index in [1.807, 2.05) is 0 Å². The SMILES string of the molecule is O=C(NCC1CCCN1)C1CCN(c2ccc(Cl)c(Cl)c2)C1=O. The van der Waals surface area contributed by atoms with Crippen molar-refractivity contribution in [2.24, 2.45) is 5.92 Å². The number of hydrogen-bond donors (Lipinski definition) is 2. The summed E-state index contributed by atoms with van der Waals surface area (Å²) in [5.74, 6) is -0.989. The molecule has 0 aliphatic carbocycles. The lowest BCUT2D eigenvalue weighted by atomic mass is 10.1. The molecule has 7 heteroatoms. The molecule has 23 heavy (non-hydrogen) atoms. The van der Waals surface area contributed by atoms with E-state index in [0.29, 0.717) is 41.3 Å². The Balaban J connectivity index is 1.61. The van der Waals surface area contributed by atoms with Crippen molar-refractivity contribution in [3.63, 3.8) is 0 Å². The second kappa shape index (κ2) is 7.07. The zero-order valence-corrected chi connectivity index (χ0v) is 14.2. The van der Waals surface area contributed by atoms with Crippen molar-refractivity contribution in [3.8, 4) is 0 Å². The summed E-state index contributed by atoms with van der Waals surface area (Å²) in [5.41, 5.74) is 0.678. The van der Waals surface area contributed by atoms with Gasteiger partial charge in [-0.3, -0.25) is 9.59 Å². The molecule has 3 rings (SSSR count). The van der Waals surface area contributed by atoms with Gasteiger partial charge in [0.25, 0.3) is 0 Å². The molecular formula is C16H19Cl2N3O2. The number of nitrogens with zero attached hydrogens (tertiary/aromatic N) is 1. The number of halogens is 2. The third-order valence-corrected chi connectivity index (χ3v) is 5.16. The predicted molar refractivity (Wildman–Crippen MR) is 91.0 cm³/mol. The molecule has 1 aromatic carbocycles. The fraction of sp³-hybridized carbons (Fsp3) is 0.500. The highest BCUT2D eigenvalue weighted by Gasteiger charge is 2.37. The zero-order valence-electron chi connectivity index (χ0n) is 12.6. The van der Waals surface area contributed by atoms with Gasteiger partial charge in [-0.05, 0) is 44.0 Å². The van der Waals surface area contributed by atoms with E-state index in [1.165, 1.54) is 0 Å². The minimum Gasteiger partial charge on any atom is -0.354 e. The fourth-order valence-corrected chi connectivity index (χ4v) is 3.40. The second-order valence-electron chi connectivity index (χ2n) is 5.97. The van der Waals surface area contributed by atoms with E-state index in [0.717, 1.165) is 19.4 Å². The number of hydrogen-bond acceptors (Lipinski definition) is 3. The number of rotatable bonds is 4. The zero-order chi connectivity index (χ0) is 16.4. The summed E-state index contributed by atoms with van der Waals surface area (Å²) in [6.07, 6.45) is 2.71. The molecule has 2 heterocycles. The highest BCUT2D eigenvalue weighted by Crippen LogP contribution is 2.31. The maximum atomic E-state index is 12.5. The Morgan fingerprint density at radius 1 is 1.30 bits per heavy atom. The summed E-state index contributed by atoms with van der Waals surface area (Å²) in [5, 5.41) is 7.06. The third kappa shape index (κ3) is 3.62. The summed E-state index contributed by atoms with van der Waals surface area (Å²) < 4.78 is 0. The van der Waals surface area contributed by atoms with Crippen LogP contribution in [0.15, 0.2) is 18.2 Å². The summed E-state index contributed by atoms with van der Waals surface area (Å²) in [6.45, 7) is 2.08. The molecule has 0 bridgehead atoms. The van der Waals surface area contributed by atoms with Crippen LogP contribution < -0.4 is 15.5 Å². The monoisotopic (exact) mass is 355 g/mol. The standard InChI is InChI=1S/C16H19Cl2N3O2/c17-13-4-3-11(8-14(13)18)21-7-5-12(16(21)23)15(22)20-9-10-2-1-6-19-10/h3-4,8,10,12,19H,1-2,5-7,9H2,(H,20,22). The van der Waals surface area contributed by atoms with Gasteiger partial charge in [-0.25, -0.2) is 0 Å². The average Bonchev–Trinajstić information content (AvgIpc) is 3.17. The summed E-state index contributed by atoms with van der Waals surface area (Å²) in [6, 6.07) is 5.38. The maximum absolute atomic E-state index is 12.5. The van der Waals surface area contributed by atoms with Crippen molar-refractivity contribution in [2.75, 3.05) is 24.5 Å². The lowest BCUT2D eigenvalue weighted by Crippen LogP contribution is -2.42. The smallest absolute Gasteiger partial charge is 0.239 e. The molecule has 2 N–H and O–H groups in total. The average molecular weight is 356 g/mol. The highest BCUT2D eigenvalue weighted by molar-refractivity contribution is 6.42. The van der Waals surface area contributed by atoms with Crippen LogP contribution in [0.2, 0.25) is 10.0 Å². The van der Waals surface area contributed by atoms with Crippen LogP contribution in [0, 0.1) is 5.92 Å². The van der Waals surface area contributed by atoms with E-state index < -0.39 is 5.92 Å². The first-order chi connectivity index (χ1) is 11.1. The van der Waals surface area contributed by atoms with Gasteiger partial charge in [0.15, 0.2) is 0 Å². The molecule has 2 saturated heterocycles. The van der Waals surface area contributed by atoms with Crippen molar-refractivity contribution >= 4 is 40.7 Å². The third-order valence-electron chi connectivity index (χ3n) is 4.42. The lowest BCUT2D eigenvalue weighted by molar-refractivity contribution is -0.132. The molecule has 2 amide bonds.